The Bertz CT molecular complexity index is 1070. The second-order valence-corrected chi connectivity index (χ2v) is 15.5. The maximum Gasteiger partial charge on any atom is 0.309 e. The third-order valence-corrected chi connectivity index (χ3v) is 13.3. The van der Waals surface area contributed by atoms with Crippen molar-refractivity contribution in [3.05, 3.63) is 11.6 Å². The summed E-state index contributed by atoms with van der Waals surface area (Å²) in [5.41, 5.74) is -0.0327. The molecule has 0 saturated heterocycles. The van der Waals surface area contributed by atoms with Crippen LogP contribution in [0.3, 0.4) is 0 Å². The Kier molecular flexibility index (Phi) is 5.78. The first kappa shape index (κ1) is 26.9. The number of hydrogen-bond acceptors (Lipinski definition) is 4. The highest BCUT2D eigenvalue weighted by Gasteiger charge is 2.70. The molecule has 5 aliphatic carbocycles. The lowest BCUT2D eigenvalue weighted by Crippen LogP contribution is -2.66. The lowest BCUT2D eigenvalue weighted by molar-refractivity contribution is -0.210. The highest BCUT2D eigenvalue weighted by molar-refractivity contribution is 5.95. The molecular formula is C32H48O5. The molecule has 4 fully saturated rings. The van der Waals surface area contributed by atoms with Gasteiger partial charge >= 0.3 is 11.9 Å². The fraction of sp³-hybridized carbons (Fsp3) is 0.844. The summed E-state index contributed by atoms with van der Waals surface area (Å²) in [6.07, 6.45) is 10.0. The Morgan fingerprint density at radius 1 is 0.919 bits per heavy atom. The van der Waals surface area contributed by atoms with Gasteiger partial charge in [0.15, 0.2) is 5.78 Å². The molecule has 0 heterocycles. The van der Waals surface area contributed by atoms with E-state index in [-0.39, 0.29) is 56.8 Å². The molecule has 0 spiro atoms. The Morgan fingerprint density at radius 3 is 2.19 bits per heavy atom. The van der Waals surface area contributed by atoms with Crippen molar-refractivity contribution in [3.63, 3.8) is 0 Å². The van der Waals surface area contributed by atoms with Gasteiger partial charge in [-0.05, 0) is 104 Å². The molecule has 0 aromatic rings. The number of allylic oxidation sites excluding steroid dienone is 2. The standard InChI is InChI=1S/C32H48O5/c1-19(33)37-24-10-11-30(6)23(27(24,2)3)9-12-32(8)25(30)22(34)17-20-21-18-29(5,26(35)36)14-13-28(21,4)15-16-31(20,32)7/h17,21,23-25H,9-16,18H2,1-8H3,(H,35,36)/t21-,23-,24+,25+,28-,29+,30+,31-,32-/m1/s1. The fourth-order valence-electron chi connectivity index (χ4n) is 10.8. The molecule has 0 amide bonds. The highest BCUT2D eigenvalue weighted by atomic mass is 16.5. The summed E-state index contributed by atoms with van der Waals surface area (Å²) in [5, 5.41) is 10.1. The SMILES string of the molecule is CC(=O)O[C@H]1CC[C@@]2(C)[C@H](CC[C@]3(C)[C@H]2C(=O)C=C2[C@H]4C[C@@](C)(C(=O)O)CC[C@]4(C)CC[C@]23C)C1(C)C. The number of esters is 1. The largest absolute Gasteiger partial charge is 0.481 e. The first-order valence-corrected chi connectivity index (χ1v) is 14.6. The Labute approximate surface area is 223 Å². The van der Waals surface area contributed by atoms with Gasteiger partial charge in [0.1, 0.15) is 6.10 Å². The summed E-state index contributed by atoms with van der Waals surface area (Å²) >= 11 is 0. The van der Waals surface area contributed by atoms with E-state index < -0.39 is 11.4 Å². The van der Waals surface area contributed by atoms with Crippen molar-refractivity contribution >= 4 is 17.7 Å². The van der Waals surface area contributed by atoms with E-state index in [4.69, 9.17) is 4.74 Å². The second kappa shape index (κ2) is 7.94. The Hall–Kier alpha value is -1.65. The number of aliphatic carboxylic acids is 1. The van der Waals surface area contributed by atoms with Gasteiger partial charge in [-0.2, -0.15) is 0 Å². The van der Waals surface area contributed by atoms with E-state index in [0.717, 1.165) is 44.9 Å². The molecule has 1 N–H and O–H groups in total. The molecular weight excluding hydrogens is 464 g/mol. The summed E-state index contributed by atoms with van der Waals surface area (Å²) in [7, 11) is 0. The highest BCUT2D eigenvalue weighted by Crippen LogP contribution is 2.75. The summed E-state index contributed by atoms with van der Waals surface area (Å²) in [6.45, 7) is 17.4. The minimum absolute atomic E-state index is 0.0644. The summed E-state index contributed by atoms with van der Waals surface area (Å²) in [6, 6.07) is 0. The molecule has 0 unspecified atom stereocenters. The zero-order valence-corrected chi connectivity index (χ0v) is 24.3. The molecule has 0 aromatic heterocycles. The van der Waals surface area contributed by atoms with E-state index in [1.165, 1.54) is 12.5 Å². The first-order chi connectivity index (χ1) is 16.9. The zero-order valence-electron chi connectivity index (χ0n) is 24.3. The summed E-state index contributed by atoms with van der Waals surface area (Å²) in [4.78, 5) is 38.5. The molecule has 0 aliphatic heterocycles. The Balaban J connectivity index is 1.58. The van der Waals surface area contributed by atoms with Crippen LogP contribution in [0.25, 0.3) is 0 Å². The third-order valence-electron chi connectivity index (χ3n) is 13.3. The number of ketones is 1. The number of fused-ring (bicyclic) bond motifs is 7. The maximum absolute atomic E-state index is 14.4. The minimum atomic E-state index is -0.729. The molecule has 4 saturated carbocycles. The smallest absolute Gasteiger partial charge is 0.309 e. The van der Waals surface area contributed by atoms with Gasteiger partial charge in [-0.15, -0.1) is 0 Å². The number of ether oxygens (including phenoxy) is 1. The predicted octanol–water partition coefficient (Wildman–Crippen LogP) is 6.98. The molecule has 5 rings (SSSR count). The predicted molar refractivity (Wildman–Crippen MR) is 143 cm³/mol. The average molecular weight is 513 g/mol. The van der Waals surface area contributed by atoms with Gasteiger partial charge in [0.05, 0.1) is 5.41 Å². The lowest BCUT2D eigenvalue weighted by atomic mass is 9.33. The van der Waals surface area contributed by atoms with Crippen molar-refractivity contribution in [1.82, 2.24) is 0 Å². The Morgan fingerprint density at radius 2 is 1.57 bits per heavy atom. The number of carbonyl (C=O) groups excluding carboxylic acids is 2. The summed E-state index contributed by atoms with van der Waals surface area (Å²) in [5.74, 6) is -0.280. The van der Waals surface area contributed by atoms with Crippen LogP contribution >= 0.6 is 0 Å². The minimum Gasteiger partial charge on any atom is -0.481 e. The van der Waals surface area contributed by atoms with Gasteiger partial charge in [-0.3, -0.25) is 14.4 Å². The van der Waals surface area contributed by atoms with Crippen molar-refractivity contribution in [1.29, 1.82) is 0 Å². The van der Waals surface area contributed by atoms with Crippen LogP contribution in [0.1, 0.15) is 113 Å². The van der Waals surface area contributed by atoms with Gasteiger partial charge in [-0.1, -0.05) is 47.1 Å². The zero-order chi connectivity index (χ0) is 27.4. The van der Waals surface area contributed by atoms with Gasteiger partial charge in [0.25, 0.3) is 0 Å². The van der Waals surface area contributed by atoms with E-state index in [0.29, 0.717) is 18.8 Å². The average Bonchev–Trinajstić information content (AvgIpc) is 2.78. The number of carbonyl (C=O) groups is 3. The monoisotopic (exact) mass is 512 g/mol. The second-order valence-electron chi connectivity index (χ2n) is 15.5. The number of carboxylic acids is 1. The third kappa shape index (κ3) is 3.43. The quantitative estimate of drug-likeness (QED) is 0.404. The lowest BCUT2D eigenvalue weighted by Gasteiger charge is -2.70. The molecule has 9 atom stereocenters. The fourth-order valence-corrected chi connectivity index (χ4v) is 10.8. The normalized spacial score (nSPS) is 50.5. The first-order valence-electron chi connectivity index (χ1n) is 14.6. The van der Waals surface area contributed by atoms with E-state index in [1.54, 1.807) is 0 Å². The van der Waals surface area contributed by atoms with E-state index in [1.807, 2.05) is 13.0 Å². The number of rotatable bonds is 2. The molecule has 5 nitrogen and oxygen atoms in total. The summed E-state index contributed by atoms with van der Waals surface area (Å²) < 4.78 is 5.82. The van der Waals surface area contributed by atoms with Crippen LogP contribution < -0.4 is 0 Å². The van der Waals surface area contributed by atoms with Crippen molar-refractivity contribution in [2.45, 2.75) is 119 Å². The van der Waals surface area contributed by atoms with Crippen molar-refractivity contribution in [3.8, 4) is 0 Å². The van der Waals surface area contributed by atoms with Gasteiger partial charge in [-0.25, -0.2) is 0 Å². The van der Waals surface area contributed by atoms with Crippen LogP contribution in [0, 0.1) is 50.2 Å². The molecule has 37 heavy (non-hydrogen) atoms. The van der Waals surface area contributed by atoms with Crippen molar-refractivity contribution in [2.75, 3.05) is 0 Å². The maximum atomic E-state index is 14.4. The molecule has 5 aliphatic rings. The van der Waals surface area contributed by atoms with E-state index >= 15 is 0 Å². The molecule has 5 heteroatoms. The van der Waals surface area contributed by atoms with Crippen LogP contribution in [0.4, 0.5) is 0 Å². The van der Waals surface area contributed by atoms with Gasteiger partial charge < -0.3 is 9.84 Å². The number of hydrogen-bond donors (Lipinski definition) is 1. The van der Waals surface area contributed by atoms with Crippen LogP contribution in [0.15, 0.2) is 11.6 Å². The van der Waals surface area contributed by atoms with Crippen LogP contribution in [-0.2, 0) is 19.1 Å². The number of carboxylic acid groups (broad SMARTS) is 1. The van der Waals surface area contributed by atoms with Crippen molar-refractivity contribution in [2.24, 2.45) is 50.2 Å². The molecule has 0 aromatic carbocycles. The van der Waals surface area contributed by atoms with E-state index in [2.05, 4.69) is 41.5 Å². The van der Waals surface area contributed by atoms with Gasteiger partial charge in [0, 0.05) is 18.3 Å². The van der Waals surface area contributed by atoms with Crippen LogP contribution in [0.2, 0.25) is 0 Å². The van der Waals surface area contributed by atoms with E-state index in [9.17, 15) is 19.5 Å². The molecule has 0 bridgehead atoms. The van der Waals surface area contributed by atoms with Crippen molar-refractivity contribution < 1.29 is 24.2 Å². The van der Waals surface area contributed by atoms with Gasteiger partial charge in [0.2, 0.25) is 0 Å². The van der Waals surface area contributed by atoms with Crippen LogP contribution in [0.5, 0.6) is 0 Å². The molecule has 0 radical (unpaired) electrons. The molecule has 206 valence electrons. The topological polar surface area (TPSA) is 80.7 Å². The van der Waals surface area contributed by atoms with Crippen LogP contribution in [-0.4, -0.2) is 28.9 Å².